The average molecular weight is 265 g/mol. The van der Waals surface area contributed by atoms with Crippen molar-refractivity contribution in [2.45, 2.75) is 18.3 Å². The van der Waals surface area contributed by atoms with Crippen LogP contribution in [-0.2, 0) is 11.8 Å². The SMILES string of the molecule is c1ccc(C23CC2CN(CCc2ncccn2)C3)cc1. The van der Waals surface area contributed by atoms with Crippen molar-refractivity contribution in [3.63, 3.8) is 0 Å². The second-order valence-corrected chi connectivity index (χ2v) is 6.07. The first-order valence-corrected chi connectivity index (χ1v) is 7.41. The topological polar surface area (TPSA) is 29.0 Å². The molecule has 2 aliphatic rings. The van der Waals surface area contributed by atoms with Crippen LogP contribution in [0, 0.1) is 5.92 Å². The van der Waals surface area contributed by atoms with E-state index >= 15 is 0 Å². The number of aromatic nitrogens is 2. The Morgan fingerprint density at radius 2 is 1.90 bits per heavy atom. The fraction of sp³-hybridized carbons (Fsp3) is 0.412. The molecule has 1 aromatic carbocycles. The summed E-state index contributed by atoms with van der Waals surface area (Å²) in [4.78, 5) is 11.2. The molecule has 2 heterocycles. The summed E-state index contributed by atoms with van der Waals surface area (Å²) in [5, 5.41) is 0. The summed E-state index contributed by atoms with van der Waals surface area (Å²) < 4.78 is 0. The normalized spacial score (nSPS) is 28.3. The van der Waals surface area contributed by atoms with Crippen LogP contribution < -0.4 is 0 Å². The van der Waals surface area contributed by atoms with Gasteiger partial charge in [-0.1, -0.05) is 30.3 Å². The Kier molecular flexibility index (Phi) is 2.81. The third-order valence-corrected chi connectivity index (χ3v) is 4.84. The highest BCUT2D eigenvalue weighted by molar-refractivity contribution is 5.36. The molecule has 4 rings (SSSR count). The summed E-state index contributed by atoms with van der Waals surface area (Å²) in [7, 11) is 0. The largest absolute Gasteiger partial charge is 0.302 e. The van der Waals surface area contributed by atoms with E-state index < -0.39 is 0 Å². The number of likely N-dealkylation sites (tertiary alicyclic amines) is 1. The number of benzene rings is 1. The molecule has 0 N–H and O–H groups in total. The van der Waals surface area contributed by atoms with Gasteiger partial charge < -0.3 is 4.90 Å². The first-order chi connectivity index (χ1) is 9.87. The molecule has 3 heteroatoms. The lowest BCUT2D eigenvalue weighted by atomic mass is 9.95. The van der Waals surface area contributed by atoms with Crippen LogP contribution in [0.1, 0.15) is 17.8 Å². The van der Waals surface area contributed by atoms with Crippen LogP contribution >= 0.6 is 0 Å². The van der Waals surface area contributed by atoms with Gasteiger partial charge in [0, 0.05) is 43.9 Å². The number of hydrogen-bond acceptors (Lipinski definition) is 3. The van der Waals surface area contributed by atoms with E-state index in [1.165, 1.54) is 25.1 Å². The maximum Gasteiger partial charge on any atom is 0.129 e. The predicted octanol–water partition coefficient (Wildman–Crippen LogP) is 2.29. The quantitative estimate of drug-likeness (QED) is 0.849. The second kappa shape index (κ2) is 4.67. The van der Waals surface area contributed by atoms with E-state index in [4.69, 9.17) is 0 Å². The fourth-order valence-electron chi connectivity index (χ4n) is 3.69. The van der Waals surface area contributed by atoms with Crippen molar-refractivity contribution in [2.75, 3.05) is 19.6 Å². The standard InChI is InChI=1S/C17H19N3/c1-2-5-14(6-3-1)17-11-15(17)12-20(13-17)10-7-16-18-8-4-9-19-16/h1-6,8-9,15H,7,10-13H2. The third kappa shape index (κ3) is 2.02. The number of rotatable bonds is 4. The van der Waals surface area contributed by atoms with Crippen molar-refractivity contribution < 1.29 is 0 Å². The minimum Gasteiger partial charge on any atom is -0.302 e. The lowest BCUT2D eigenvalue weighted by molar-refractivity contribution is 0.300. The van der Waals surface area contributed by atoms with Gasteiger partial charge in [0.05, 0.1) is 0 Å². The van der Waals surface area contributed by atoms with Crippen molar-refractivity contribution >= 4 is 0 Å². The monoisotopic (exact) mass is 265 g/mol. The highest BCUT2D eigenvalue weighted by Crippen LogP contribution is 2.58. The zero-order valence-corrected chi connectivity index (χ0v) is 11.6. The molecule has 102 valence electrons. The van der Waals surface area contributed by atoms with Crippen LogP contribution in [0.5, 0.6) is 0 Å². The molecular formula is C17H19N3. The van der Waals surface area contributed by atoms with E-state index in [0.717, 1.165) is 24.7 Å². The van der Waals surface area contributed by atoms with Crippen molar-refractivity contribution in [3.8, 4) is 0 Å². The van der Waals surface area contributed by atoms with Crippen molar-refractivity contribution in [1.29, 1.82) is 0 Å². The minimum atomic E-state index is 0.457. The van der Waals surface area contributed by atoms with Gasteiger partial charge in [-0.25, -0.2) is 9.97 Å². The Morgan fingerprint density at radius 1 is 1.10 bits per heavy atom. The predicted molar refractivity (Wildman–Crippen MR) is 78.4 cm³/mol. The van der Waals surface area contributed by atoms with Gasteiger partial charge in [-0.2, -0.15) is 0 Å². The molecule has 1 saturated heterocycles. The molecule has 0 amide bonds. The molecule has 2 fully saturated rings. The van der Waals surface area contributed by atoms with E-state index in [0.29, 0.717) is 5.41 Å². The number of fused-ring (bicyclic) bond motifs is 1. The molecule has 0 radical (unpaired) electrons. The Labute approximate surface area is 119 Å². The highest BCUT2D eigenvalue weighted by atomic mass is 15.2. The Balaban J connectivity index is 1.40. The first-order valence-electron chi connectivity index (χ1n) is 7.41. The molecule has 1 saturated carbocycles. The van der Waals surface area contributed by atoms with Crippen LogP contribution in [0.25, 0.3) is 0 Å². The summed E-state index contributed by atoms with van der Waals surface area (Å²) >= 11 is 0. The van der Waals surface area contributed by atoms with Gasteiger partial charge in [0.1, 0.15) is 5.82 Å². The van der Waals surface area contributed by atoms with Gasteiger partial charge in [-0.3, -0.25) is 0 Å². The maximum atomic E-state index is 4.31. The lowest BCUT2D eigenvalue weighted by Gasteiger charge is -2.20. The molecular weight excluding hydrogens is 246 g/mol. The molecule has 2 unspecified atom stereocenters. The molecule has 2 atom stereocenters. The summed E-state index contributed by atoms with van der Waals surface area (Å²) in [6.45, 7) is 3.52. The molecule has 0 bridgehead atoms. The van der Waals surface area contributed by atoms with Crippen molar-refractivity contribution in [2.24, 2.45) is 5.92 Å². The fourth-order valence-corrected chi connectivity index (χ4v) is 3.69. The maximum absolute atomic E-state index is 4.31. The molecule has 1 aliphatic carbocycles. The summed E-state index contributed by atoms with van der Waals surface area (Å²) in [5.41, 5.74) is 1.99. The molecule has 0 spiro atoms. The van der Waals surface area contributed by atoms with Crippen LogP contribution in [0.4, 0.5) is 0 Å². The zero-order valence-electron chi connectivity index (χ0n) is 11.6. The van der Waals surface area contributed by atoms with Gasteiger partial charge in [0.15, 0.2) is 0 Å². The molecule has 2 aromatic rings. The molecule has 20 heavy (non-hydrogen) atoms. The van der Waals surface area contributed by atoms with E-state index in [2.05, 4.69) is 45.2 Å². The first kappa shape index (κ1) is 12.0. The second-order valence-electron chi connectivity index (χ2n) is 6.07. The Bertz CT molecular complexity index is 584. The van der Waals surface area contributed by atoms with Gasteiger partial charge in [0.2, 0.25) is 0 Å². The average Bonchev–Trinajstić information content (AvgIpc) is 3.10. The van der Waals surface area contributed by atoms with Gasteiger partial charge in [-0.15, -0.1) is 0 Å². The van der Waals surface area contributed by atoms with Crippen molar-refractivity contribution in [3.05, 3.63) is 60.2 Å². The van der Waals surface area contributed by atoms with E-state index in [-0.39, 0.29) is 0 Å². The number of hydrogen-bond donors (Lipinski definition) is 0. The van der Waals surface area contributed by atoms with E-state index in [9.17, 15) is 0 Å². The summed E-state index contributed by atoms with van der Waals surface area (Å²) in [5.74, 6) is 1.82. The summed E-state index contributed by atoms with van der Waals surface area (Å²) in [6.07, 6.45) is 5.98. The van der Waals surface area contributed by atoms with Crippen LogP contribution in [0.3, 0.4) is 0 Å². The third-order valence-electron chi connectivity index (χ3n) is 4.84. The Morgan fingerprint density at radius 3 is 2.70 bits per heavy atom. The lowest BCUT2D eigenvalue weighted by Crippen LogP contribution is -2.29. The molecule has 1 aliphatic heterocycles. The van der Waals surface area contributed by atoms with E-state index in [1.807, 2.05) is 18.5 Å². The van der Waals surface area contributed by atoms with Crippen molar-refractivity contribution in [1.82, 2.24) is 14.9 Å². The minimum absolute atomic E-state index is 0.457. The molecule has 1 aromatic heterocycles. The van der Waals surface area contributed by atoms with Gasteiger partial charge >= 0.3 is 0 Å². The zero-order chi connectivity index (χ0) is 13.4. The van der Waals surface area contributed by atoms with Crippen LogP contribution in [0.15, 0.2) is 48.8 Å². The number of piperidine rings is 1. The molecule has 3 nitrogen and oxygen atoms in total. The van der Waals surface area contributed by atoms with Gasteiger partial charge in [-0.05, 0) is 24.0 Å². The van der Waals surface area contributed by atoms with E-state index in [1.54, 1.807) is 0 Å². The van der Waals surface area contributed by atoms with Crippen LogP contribution in [0.2, 0.25) is 0 Å². The Hall–Kier alpha value is -1.74. The smallest absolute Gasteiger partial charge is 0.129 e. The summed E-state index contributed by atoms with van der Waals surface area (Å²) in [6, 6.07) is 12.9. The highest BCUT2D eigenvalue weighted by Gasteiger charge is 2.60. The van der Waals surface area contributed by atoms with Crippen LogP contribution in [-0.4, -0.2) is 34.5 Å². The van der Waals surface area contributed by atoms with Gasteiger partial charge in [0.25, 0.3) is 0 Å². The number of nitrogens with zero attached hydrogens (tertiary/aromatic N) is 3.